The Hall–Kier alpha value is -1.22. The van der Waals surface area contributed by atoms with E-state index in [2.05, 4.69) is 12.2 Å². The Labute approximate surface area is 122 Å². The zero-order valence-electron chi connectivity index (χ0n) is 12.7. The molecule has 0 radical (unpaired) electrons. The Kier molecular flexibility index (Phi) is 5.72. The van der Waals surface area contributed by atoms with E-state index in [9.17, 15) is 5.11 Å². The maximum absolute atomic E-state index is 10.2. The second-order valence-corrected chi connectivity index (χ2v) is 5.80. The number of aromatic hydroxyl groups is 1. The number of nitrogens with one attached hydrogen (secondary N) is 1. The van der Waals surface area contributed by atoms with Crippen molar-refractivity contribution < 1.29 is 9.84 Å². The quantitative estimate of drug-likeness (QED) is 0.803. The molecule has 1 saturated carbocycles. The van der Waals surface area contributed by atoms with E-state index < -0.39 is 0 Å². The van der Waals surface area contributed by atoms with Crippen LogP contribution in [0.2, 0.25) is 0 Å². The van der Waals surface area contributed by atoms with Gasteiger partial charge < -0.3 is 15.2 Å². The molecule has 1 aliphatic carbocycles. The SMILES string of the molecule is CCOc1cccc(CNC2CCCCCC2C)c1O. The van der Waals surface area contributed by atoms with Crippen molar-refractivity contribution in [1.82, 2.24) is 5.32 Å². The average molecular weight is 277 g/mol. The number of hydrogen-bond acceptors (Lipinski definition) is 3. The Morgan fingerprint density at radius 2 is 2.05 bits per heavy atom. The molecule has 112 valence electrons. The van der Waals surface area contributed by atoms with Gasteiger partial charge in [0.15, 0.2) is 11.5 Å². The van der Waals surface area contributed by atoms with Crippen LogP contribution < -0.4 is 10.1 Å². The summed E-state index contributed by atoms with van der Waals surface area (Å²) in [5.74, 6) is 1.58. The van der Waals surface area contributed by atoms with Gasteiger partial charge in [0.05, 0.1) is 6.61 Å². The Morgan fingerprint density at radius 3 is 2.85 bits per heavy atom. The van der Waals surface area contributed by atoms with E-state index in [0.717, 1.165) is 11.5 Å². The fourth-order valence-corrected chi connectivity index (χ4v) is 3.02. The van der Waals surface area contributed by atoms with Crippen LogP contribution in [0.25, 0.3) is 0 Å². The number of benzene rings is 1. The Balaban J connectivity index is 1.97. The van der Waals surface area contributed by atoms with Gasteiger partial charge in [0, 0.05) is 18.2 Å². The van der Waals surface area contributed by atoms with E-state index in [4.69, 9.17) is 4.74 Å². The predicted octanol–water partition coefficient (Wildman–Crippen LogP) is 3.85. The molecule has 2 unspecified atom stereocenters. The molecule has 0 saturated heterocycles. The summed E-state index contributed by atoms with van der Waals surface area (Å²) in [5.41, 5.74) is 0.924. The van der Waals surface area contributed by atoms with Gasteiger partial charge in [-0.1, -0.05) is 38.3 Å². The van der Waals surface area contributed by atoms with E-state index >= 15 is 0 Å². The zero-order valence-corrected chi connectivity index (χ0v) is 12.7. The second-order valence-electron chi connectivity index (χ2n) is 5.80. The standard InChI is InChI=1S/C17H27NO2/c1-3-20-16-11-7-9-14(17(16)19)12-18-15-10-6-4-5-8-13(15)2/h7,9,11,13,15,18-19H,3-6,8,10,12H2,1-2H3. The highest BCUT2D eigenvalue weighted by Gasteiger charge is 2.19. The summed E-state index contributed by atoms with van der Waals surface area (Å²) in [6.45, 7) is 5.54. The van der Waals surface area contributed by atoms with Crippen molar-refractivity contribution in [2.24, 2.45) is 5.92 Å². The molecule has 20 heavy (non-hydrogen) atoms. The monoisotopic (exact) mass is 277 g/mol. The van der Waals surface area contributed by atoms with Gasteiger partial charge in [-0.25, -0.2) is 0 Å². The molecule has 3 nitrogen and oxygen atoms in total. The van der Waals surface area contributed by atoms with E-state index in [1.807, 2.05) is 25.1 Å². The van der Waals surface area contributed by atoms with Gasteiger partial charge >= 0.3 is 0 Å². The van der Waals surface area contributed by atoms with Gasteiger partial charge in [0.2, 0.25) is 0 Å². The predicted molar refractivity (Wildman–Crippen MR) is 82.2 cm³/mol. The molecule has 1 aromatic carbocycles. The summed E-state index contributed by atoms with van der Waals surface area (Å²) in [6, 6.07) is 6.29. The minimum Gasteiger partial charge on any atom is -0.504 e. The number of phenolic OH excluding ortho intramolecular Hbond substituents is 1. The fourth-order valence-electron chi connectivity index (χ4n) is 3.02. The molecular formula is C17H27NO2. The van der Waals surface area contributed by atoms with Gasteiger partial charge in [0.25, 0.3) is 0 Å². The van der Waals surface area contributed by atoms with E-state index in [0.29, 0.717) is 24.9 Å². The number of para-hydroxylation sites is 1. The maximum Gasteiger partial charge on any atom is 0.162 e. The highest BCUT2D eigenvalue weighted by atomic mass is 16.5. The summed E-state index contributed by atoms with van der Waals surface area (Å²) in [5, 5.41) is 13.8. The number of phenols is 1. The lowest BCUT2D eigenvalue weighted by Crippen LogP contribution is -2.33. The number of hydrogen-bond donors (Lipinski definition) is 2. The molecule has 1 fully saturated rings. The highest BCUT2D eigenvalue weighted by molar-refractivity contribution is 5.45. The third-order valence-corrected chi connectivity index (χ3v) is 4.30. The third kappa shape index (κ3) is 3.89. The lowest BCUT2D eigenvalue weighted by atomic mass is 9.96. The molecule has 2 atom stereocenters. The molecule has 2 rings (SSSR count). The van der Waals surface area contributed by atoms with Crippen LogP contribution in [-0.2, 0) is 6.54 Å². The van der Waals surface area contributed by atoms with Crippen molar-refractivity contribution in [3.05, 3.63) is 23.8 Å². The molecular weight excluding hydrogens is 250 g/mol. The fraction of sp³-hybridized carbons (Fsp3) is 0.647. The lowest BCUT2D eigenvalue weighted by Gasteiger charge is -2.23. The topological polar surface area (TPSA) is 41.5 Å². The van der Waals surface area contributed by atoms with Gasteiger partial charge in [-0.3, -0.25) is 0 Å². The van der Waals surface area contributed by atoms with Crippen LogP contribution in [0.1, 0.15) is 51.5 Å². The molecule has 0 aromatic heterocycles. The van der Waals surface area contributed by atoms with Crippen molar-refractivity contribution in [3.8, 4) is 11.5 Å². The summed E-state index contributed by atoms with van der Waals surface area (Å²) >= 11 is 0. The molecule has 1 aliphatic rings. The van der Waals surface area contributed by atoms with E-state index in [-0.39, 0.29) is 5.75 Å². The summed E-state index contributed by atoms with van der Waals surface area (Å²) in [7, 11) is 0. The molecule has 0 spiro atoms. The van der Waals surface area contributed by atoms with Crippen LogP contribution in [0.15, 0.2) is 18.2 Å². The minimum absolute atomic E-state index is 0.281. The zero-order chi connectivity index (χ0) is 14.4. The first-order valence-corrected chi connectivity index (χ1v) is 7.89. The highest BCUT2D eigenvalue weighted by Crippen LogP contribution is 2.30. The Morgan fingerprint density at radius 1 is 1.25 bits per heavy atom. The molecule has 1 aromatic rings. The molecule has 0 heterocycles. The Bertz CT molecular complexity index is 419. The normalized spacial score (nSPS) is 23.3. The number of rotatable bonds is 5. The smallest absolute Gasteiger partial charge is 0.162 e. The summed E-state index contributed by atoms with van der Waals surface area (Å²) in [4.78, 5) is 0. The van der Waals surface area contributed by atoms with Crippen LogP contribution in [-0.4, -0.2) is 17.8 Å². The van der Waals surface area contributed by atoms with E-state index in [1.54, 1.807) is 0 Å². The van der Waals surface area contributed by atoms with Crippen LogP contribution in [0, 0.1) is 5.92 Å². The molecule has 0 amide bonds. The van der Waals surface area contributed by atoms with Crippen molar-refractivity contribution in [2.45, 2.75) is 58.5 Å². The summed E-state index contributed by atoms with van der Waals surface area (Å²) in [6.07, 6.45) is 6.57. The van der Waals surface area contributed by atoms with Crippen LogP contribution in [0.4, 0.5) is 0 Å². The van der Waals surface area contributed by atoms with E-state index in [1.165, 1.54) is 32.1 Å². The molecule has 0 aliphatic heterocycles. The minimum atomic E-state index is 0.281. The van der Waals surface area contributed by atoms with Crippen molar-refractivity contribution >= 4 is 0 Å². The van der Waals surface area contributed by atoms with Crippen LogP contribution in [0.5, 0.6) is 11.5 Å². The molecule has 0 bridgehead atoms. The van der Waals surface area contributed by atoms with Crippen molar-refractivity contribution in [2.75, 3.05) is 6.61 Å². The third-order valence-electron chi connectivity index (χ3n) is 4.30. The van der Waals surface area contributed by atoms with Crippen LogP contribution >= 0.6 is 0 Å². The van der Waals surface area contributed by atoms with Gasteiger partial charge in [-0.05, 0) is 31.7 Å². The first-order chi connectivity index (χ1) is 9.72. The largest absolute Gasteiger partial charge is 0.504 e. The average Bonchev–Trinajstić information content (AvgIpc) is 2.65. The van der Waals surface area contributed by atoms with Gasteiger partial charge in [0.1, 0.15) is 0 Å². The summed E-state index contributed by atoms with van der Waals surface area (Å²) < 4.78 is 5.43. The lowest BCUT2D eigenvalue weighted by molar-refractivity contribution is 0.314. The first kappa shape index (κ1) is 15.2. The van der Waals surface area contributed by atoms with Crippen molar-refractivity contribution in [3.63, 3.8) is 0 Å². The molecule has 3 heteroatoms. The van der Waals surface area contributed by atoms with Crippen LogP contribution in [0.3, 0.4) is 0 Å². The van der Waals surface area contributed by atoms with Gasteiger partial charge in [-0.2, -0.15) is 0 Å². The first-order valence-electron chi connectivity index (χ1n) is 7.89. The van der Waals surface area contributed by atoms with Gasteiger partial charge in [-0.15, -0.1) is 0 Å². The van der Waals surface area contributed by atoms with Crippen molar-refractivity contribution in [1.29, 1.82) is 0 Å². The molecule has 2 N–H and O–H groups in total. The maximum atomic E-state index is 10.2. The second kappa shape index (κ2) is 7.53. The number of ether oxygens (including phenoxy) is 1.